The molecule has 1 aromatic rings. The fourth-order valence-electron chi connectivity index (χ4n) is 2.72. The van der Waals surface area contributed by atoms with Crippen molar-refractivity contribution in [3.8, 4) is 0 Å². The highest BCUT2D eigenvalue weighted by Gasteiger charge is 2.19. The number of ether oxygens (including phenoxy) is 1. The van der Waals surface area contributed by atoms with E-state index in [1.54, 1.807) is 0 Å². The van der Waals surface area contributed by atoms with Crippen LogP contribution in [-0.4, -0.2) is 43.8 Å². The van der Waals surface area contributed by atoms with Crippen molar-refractivity contribution in [3.63, 3.8) is 0 Å². The number of pyridine rings is 1. The third-order valence-electron chi connectivity index (χ3n) is 3.78. The number of aromatic nitrogens is 1. The molecule has 1 aromatic heterocycles. The van der Waals surface area contributed by atoms with Crippen molar-refractivity contribution >= 4 is 17.3 Å². The Hall–Kier alpha value is -0.880. The third-order valence-corrected chi connectivity index (χ3v) is 3.97. The van der Waals surface area contributed by atoms with Crippen molar-refractivity contribution in [2.75, 3.05) is 38.1 Å². The summed E-state index contributed by atoms with van der Waals surface area (Å²) >= 11 is 6.15. The van der Waals surface area contributed by atoms with Crippen molar-refractivity contribution < 1.29 is 4.74 Å². The molecule has 2 aliphatic rings. The van der Waals surface area contributed by atoms with E-state index in [2.05, 4.69) is 27.0 Å². The Balaban J connectivity index is 1.71. The minimum Gasteiger partial charge on any atom is -0.382 e. The molecule has 5 nitrogen and oxygen atoms in total. The molecule has 0 amide bonds. The quantitative estimate of drug-likeness (QED) is 0.739. The number of nitrogens with zero attached hydrogens (tertiary/aromatic N) is 1. The van der Waals surface area contributed by atoms with Gasteiger partial charge in [-0.15, -0.1) is 0 Å². The van der Waals surface area contributed by atoms with Gasteiger partial charge in [0.2, 0.25) is 0 Å². The Morgan fingerprint density at radius 3 is 2.80 bits per heavy atom. The van der Waals surface area contributed by atoms with Gasteiger partial charge in [-0.05, 0) is 38.1 Å². The van der Waals surface area contributed by atoms with Crippen molar-refractivity contribution in [1.29, 1.82) is 0 Å². The molecule has 110 valence electrons. The third kappa shape index (κ3) is 3.61. The number of morpholine rings is 1. The van der Waals surface area contributed by atoms with Crippen molar-refractivity contribution in [2.45, 2.75) is 25.0 Å². The number of piperidine rings is 1. The van der Waals surface area contributed by atoms with Crippen LogP contribution in [0.4, 0.5) is 5.69 Å². The van der Waals surface area contributed by atoms with E-state index in [0.29, 0.717) is 11.2 Å². The molecule has 1 atom stereocenters. The monoisotopic (exact) mass is 296 g/mol. The molecule has 3 N–H and O–H groups in total. The predicted molar refractivity (Wildman–Crippen MR) is 80.3 cm³/mol. The van der Waals surface area contributed by atoms with Gasteiger partial charge in [-0.1, -0.05) is 11.6 Å². The van der Waals surface area contributed by atoms with E-state index in [0.717, 1.165) is 57.0 Å². The summed E-state index contributed by atoms with van der Waals surface area (Å²) in [4.78, 5) is 4.40. The van der Waals surface area contributed by atoms with E-state index >= 15 is 0 Å². The van der Waals surface area contributed by atoms with Gasteiger partial charge >= 0.3 is 0 Å². The van der Waals surface area contributed by atoms with Gasteiger partial charge < -0.3 is 20.7 Å². The molecule has 2 aliphatic heterocycles. The van der Waals surface area contributed by atoms with Crippen LogP contribution in [0.3, 0.4) is 0 Å². The van der Waals surface area contributed by atoms with Crippen LogP contribution in [0.15, 0.2) is 12.1 Å². The second-order valence-electron chi connectivity index (χ2n) is 5.34. The Morgan fingerprint density at radius 1 is 1.20 bits per heavy atom. The Bertz CT molecular complexity index is 445. The standard InChI is InChI=1S/C14H21ClN4O/c15-14-8-11(18-10-1-3-16-4-2-10)7-12(19-14)13-9-17-5-6-20-13/h7-8,10,13,16-17H,1-6,9H2,(H,18,19). The highest BCUT2D eigenvalue weighted by atomic mass is 35.5. The molecule has 0 aliphatic carbocycles. The summed E-state index contributed by atoms with van der Waals surface area (Å²) in [6, 6.07) is 4.46. The number of nitrogens with one attached hydrogen (secondary N) is 3. The van der Waals surface area contributed by atoms with E-state index in [-0.39, 0.29) is 6.10 Å². The lowest BCUT2D eigenvalue weighted by molar-refractivity contribution is 0.0251. The number of rotatable bonds is 3. The normalized spacial score (nSPS) is 24.6. The molecular formula is C14H21ClN4O. The summed E-state index contributed by atoms with van der Waals surface area (Å²) < 4.78 is 5.74. The van der Waals surface area contributed by atoms with E-state index in [1.807, 2.05) is 6.07 Å². The number of anilines is 1. The van der Waals surface area contributed by atoms with Crippen LogP contribution in [-0.2, 0) is 4.74 Å². The lowest BCUT2D eigenvalue weighted by atomic mass is 10.1. The van der Waals surface area contributed by atoms with E-state index in [9.17, 15) is 0 Å². The Labute approximate surface area is 124 Å². The molecule has 2 saturated heterocycles. The van der Waals surface area contributed by atoms with Gasteiger partial charge in [0.15, 0.2) is 0 Å². The zero-order valence-corrected chi connectivity index (χ0v) is 12.2. The topological polar surface area (TPSA) is 58.2 Å². The molecule has 3 heterocycles. The van der Waals surface area contributed by atoms with Crippen molar-refractivity contribution in [3.05, 3.63) is 23.0 Å². The number of hydrogen-bond donors (Lipinski definition) is 3. The molecule has 0 aromatic carbocycles. The Kier molecular flexibility index (Phi) is 4.73. The van der Waals surface area contributed by atoms with Gasteiger partial charge in [-0.2, -0.15) is 0 Å². The fraction of sp³-hybridized carbons (Fsp3) is 0.643. The van der Waals surface area contributed by atoms with Gasteiger partial charge in [0, 0.05) is 24.8 Å². The molecule has 0 radical (unpaired) electrons. The second-order valence-corrected chi connectivity index (χ2v) is 5.72. The maximum absolute atomic E-state index is 6.15. The minimum atomic E-state index is -0.00368. The van der Waals surface area contributed by atoms with Crippen molar-refractivity contribution in [1.82, 2.24) is 15.6 Å². The summed E-state index contributed by atoms with van der Waals surface area (Å²) in [5.74, 6) is 0. The van der Waals surface area contributed by atoms with Gasteiger partial charge in [-0.25, -0.2) is 4.98 Å². The lowest BCUT2D eigenvalue weighted by Gasteiger charge is -2.26. The lowest BCUT2D eigenvalue weighted by Crippen LogP contribution is -2.35. The first-order valence-corrected chi connectivity index (χ1v) is 7.66. The summed E-state index contributed by atoms with van der Waals surface area (Å²) in [6.45, 7) is 4.55. The van der Waals surface area contributed by atoms with Gasteiger partial charge in [0.1, 0.15) is 11.3 Å². The highest BCUT2D eigenvalue weighted by Crippen LogP contribution is 2.24. The van der Waals surface area contributed by atoms with Crippen LogP contribution < -0.4 is 16.0 Å². The van der Waals surface area contributed by atoms with Gasteiger partial charge in [-0.3, -0.25) is 0 Å². The molecule has 6 heteroatoms. The zero-order valence-electron chi connectivity index (χ0n) is 11.5. The van der Waals surface area contributed by atoms with Crippen LogP contribution >= 0.6 is 11.6 Å². The maximum Gasteiger partial charge on any atom is 0.131 e. The summed E-state index contributed by atoms with van der Waals surface area (Å²) in [6.07, 6.45) is 2.27. The van der Waals surface area contributed by atoms with E-state index in [1.165, 1.54) is 0 Å². The SMILES string of the molecule is Clc1cc(NC2CCNCC2)cc(C2CNCCO2)n1. The summed E-state index contributed by atoms with van der Waals surface area (Å²) in [7, 11) is 0. The number of hydrogen-bond acceptors (Lipinski definition) is 5. The molecule has 1 unspecified atom stereocenters. The molecule has 0 spiro atoms. The van der Waals surface area contributed by atoms with E-state index in [4.69, 9.17) is 16.3 Å². The van der Waals surface area contributed by atoms with Crippen LogP contribution in [0.5, 0.6) is 0 Å². The maximum atomic E-state index is 6.15. The minimum absolute atomic E-state index is 0.00368. The molecule has 0 bridgehead atoms. The fourth-order valence-corrected chi connectivity index (χ4v) is 2.94. The smallest absolute Gasteiger partial charge is 0.131 e. The number of halogens is 1. The van der Waals surface area contributed by atoms with Crippen molar-refractivity contribution in [2.24, 2.45) is 0 Å². The first kappa shape index (κ1) is 14.1. The van der Waals surface area contributed by atoms with Gasteiger partial charge in [0.05, 0.1) is 12.3 Å². The average Bonchev–Trinajstić information content (AvgIpc) is 2.49. The second kappa shape index (κ2) is 6.72. The molecular weight excluding hydrogens is 276 g/mol. The highest BCUT2D eigenvalue weighted by molar-refractivity contribution is 6.29. The molecule has 2 fully saturated rings. The zero-order chi connectivity index (χ0) is 13.8. The van der Waals surface area contributed by atoms with Gasteiger partial charge in [0.25, 0.3) is 0 Å². The molecule has 3 rings (SSSR count). The van der Waals surface area contributed by atoms with Crippen LogP contribution in [0.1, 0.15) is 24.6 Å². The molecule has 20 heavy (non-hydrogen) atoms. The van der Waals surface area contributed by atoms with E-state index < -0.39 is 0 Å². The molecule has 0 saturated carbocycles. The Morgan fingerprint density at radius 2 is 2.05 bits per heavy atom. The van der Waals surface area contributed by atoms with Crippen LogP contribution in [0.25, 0.3) is 0 Å². The first-order valence-electron chi connectivity index (χ1n) is 7.28. The summed E-state index contributed by atoms with van der Waals surface area (Å²) in [5, 5.41) is 10.8. The van der Waals surface area contributed by atoms with Crippen LogP contribution in [0, 0.1) is 0 Å². The summed E-state index contributed by atoms with van der Waals surface area (Å²) in [5.41, 5.74) is 1.95. The largest absolute Gasteiger partial charge is 0.382 e. The first-order chi connectivity index (χ1) is 9.81. The average molecular weight is 297 g/mol. The predicted octanol–water partition coefficient (Wildman–Crippen LogP) is 1.56. The van der Waals surface area contributed by atoms with Crippen LogP contribution in [0.2, 0.25) is 5.15 Å².